The molecule has 6 heteroatoms. The standard InChI is InChI=1S/C13H8FN3O2/c14-12-5-8(3-4-15-12)13-11-6-10(17(18)19)2-1-9(11)7-16-13/h1-6H,7H2. The highest BCUT2D eigenvalue weighted by atomic mass is 19.1. The molecule has 0 saturated carbocycles. The van der Waals surface area contributed by atoms with Gasteiger partial charge in [0, 0.05) is 35.5 Å². The van der Waals surface area contributed by atoms with Crippen LogP contribution in [0.5, 0.6) is 0 Å². The number of benzene rings is 1. The summed E-state index contributed by atoms with van der Waals surface area (Å²) in [5.74, 6) is -0.598. The zero-order valence-corrected chi connectivity index (χ0v) is 9.71. The van der Waals surface area contributed by atoms with Crippen LogP contribution in [0.4, 0.5) is 10.1 Å². The maximum Gasteiger partial charge on any atom is 0.270 e. The monoisotopic (exact) mass is 257 g/mol. The quantitative estimate of drug-likeness (QED) is 0.471. The largest absolute Gasteiger partial charge is 0.279 e. The molecule has 2 heterocycles. The number of nitro benzene ring substituents is 1. The minimum absolute atomic E-state index is 0.00266. The Morgan fingerprint density at radius 2 is 2.11 bits per heavy atom. The number of nitro groups is 1. The molecule has 0 saturated heterocycles. The van der Waals surface area contributed by atoms with Crippen molar-refractivity contribution in [2.75, 3.05) is 0 Å². The van der Waals surface area contributed by atoms with Gasteiger partial charge in [0.15, 0.2) is 0 Å². The van der Waals surface area contributed by atoms with Crippen LogP contribution in [0.25, 0.3) is 0 Å². The van der Waals surface area contributed by atoms with E-state index in [0.717, 1.165) is 5.56 Å². The first-order valence-electron chi connectivity index (χ1n) is 5.59. The van der Waals surface area contributed by atoms with Crippen LogP contribution in [0.15, 0.2) is 41.5 Å². The van der Waals surface area contributed by atoms with E-state index in [1.807, 2.05) is 0 Å². The normalized spacial score (nSPS) is 13.0. The molecule has 0 fully saturated rings. The van der Waals surface area contributed by atoms with Crippen LogP contribution in [0.2, 0.25) is 0 Å². The summed E-state index contributed by atoms with van der Waals surface area (Å²) < 4.78 is 13.1. The number of fused-ring (bicyclic) bond motifs is 1. The molecule has 2 aromatic rings. The zero-order valence-electron chi connectivity index (χ0n) is 9.71. The number of nitrogens with zero attached hydrogens (tertiary/aromatic N) is 3. The number of rotatable bonds is 2. The van der Waals surface area contributed by atoms with E-state index in [0.29, 0.717) is 23.4 Å². The highest BCUT2D eigenvalue weighted by molar-refractivity contribution is 6.15. The van der Waals surface area contributed by atoms with Gasteiger partial charge in [-0.2, -0.15) is 4.39 Å². The van der Waals surface area contributed by atoms with E-state index in [1.165, 1.54) is 24.4 Å². The van der Waals surface area contributed by atoms with Gasteiger partial charge in [-0.25, -0.2) is 4.98 Å². The maximum atomic E-state index is 13.1. The SMILES string of the molecule is O=[N+]([O-])c1ccc2c(c1)C(c1ccnc(F)c1)=NC2. The number of aromatic nitrogens is 1. The smallest absolute Gasteiger partial charge is 0.270 e. The van der Waals surface area contributed by atoms with E-state index < -0.39 is 10.9 Å². The van der Waals surface area contributed by atoms with Crippen molar-refractivity contribution in [3.05, 3.63) is 69.3 Å². The van der Waals surface area contributed by atoms with Crippen LogP contribution in [0.1, 0.15) is 16.7 Å². The lowest BCUT2D eigenvalue weighted by atomic mass is 10.0. The Balaban J connectivity index is 2.10. The molecule has 0 atom stereocenters. The van der Waals surface area contributed by atoms with E-state index in [4.69, 9.17) is 0 Å². The summed E-state index contributed by atoms with van der Waals surface area (Å²) in [5.41, 5.74) is 2.73. The van der Waals surface area contributed by atoms with Crippen molar-refractivity contribution in [3.63, 3.8) is 0 Å². The average molecular weight is 257 g/mol. The lowest BCUT2D eigenvalue weighted by Crippen LogP contribution is -2.03. The van der Waals surface area contributed by atoms with Crippen LogP contribution in [-0.4, -0.2) is 15.6 Å². The summed E-state index contributed by atoms with van der Waals surface area (Å²) in [7, 11) is 0. The molecule has 3 rings (SSSR count). The van der Waals surface area contributed by atoms with Gasteiger partial charge in [0.05, 0.1) is 17.2 Å². The molecule has 0 unspecified atom stereocenters. The number of aliphatic imine (C=N–C) groups is 1. The second-order valence-electron chi connectivity index (χ2n) is 4.13. The van der Waals surface area contributed by atoms with E-state index >= 15 is 0 Å². The van der Waals surface area contributed by atoms with Gasteiger partial charge >= 0.3 is 0 Å². The Morgan fingerprint density at radius 1 is 1.26 bits per heavy atom. The highest BCUT2D eigenvalue weighted by Gasteiger charge is 2.21. The van der Waals surface area contributed by atoms with Crippen LogP contribution in [-0.2, 0) is 6.54 Å². The van der Waals surface area contributed by atoms with Gasteiger partial charge in [0.25, 0.3) is 5.69 Å². The third-order valence-electron chi connectivity index (χ3n) is 2.97. The molecular weight excluding hydrogens is 249 g/mol. The zero-order chi connectivity index (χ0) is 13.4. The molecule has 0 spiro atoms. The summed E-state index contributed by atoms with van der Waals surface area (Å²) in [6.45, 7) is 0.451. The van der Waals surface area contributed by atoms with Crippen molar-refractivity contribution in [1.29, 1.82) is 0 Å². The van der Waals surface area contributed by atoms with Crippen molar-refractivity contribution in [2.24, 2.45) is 4.99 Å². The van der Waals surface area contributed by atoms with E-state index in [2.05, 4.69) is 9.98 Å². The molecule has 0 bridgehead atoms. The van der Waals surface area contributed by atoms with E-state index in [1.54, 1.807) is 12.1 Å². The van der Waals surface area contributed by atoms with Gasteiger partial charge in [0.1, 0.15) is 0 Å². The molecule has 5 nitrogen and oxygen atoms in total. The van der Waals surface area contributed by atoms with Crippen LogP contribution in [0.3, 0.4) is 0 Å². The molecule has 1 aromatic heterocycles. The molecular formula is C13H8FN3O2. The Morgan fingerprint density at radius 3 is 2.84 bits per heavy atom. The van der Waals surface area contributed by atoms with Gasteiger partial charge in [-0.3, -0.25) is 15.1 Å². The van der Waals surface area contributed by atoms with Gasteiger partial charge < -0.3 is 0 Å². The minimum atomic E-state index is -0.598. The van der Waals surface area contributed by atoms with Gasteiger partial charge in [0.2, 0.25) is 5.95 Å². The Bertz CT molecular complexity index is 713. The summed E-state index contributed by atoms with van der Waals surface area (Å²) in [5, 5.41) is 10.8. The first-order valence-corrected chi connectivity index (χ1v) is 5.59. The Hall–Kier alpha value is -2.63. The van der Waals surface area contributed by atoms with E-state index in [9.17, 15) is 14.5 Å². The van der Waals surface area contributed by atoms with Crippen LogP contribution in [0, 0.1) is 16.1 Å². The average Bonchev–Trinajstić information content (AvgIpc) is 2.81. The van der Waals surface area contributed by atoms with Crippen molar-refractivity contribution >= 4 is 11.4 Å². The molecule has 0 aliphatic carbocycles. The summed E-state index contributed by atoms with van der Waals surface area (Å²) in [6.07, 6.45) is 1.35. The van der Waals surface area contributed by atoms with Crippen molar-refractivity contribution < 1.29 is 9.31 Å². The summed E-state index contributed by atoms with van der Waals surface area (Å²) in [6, 6.07) is 7.51. The summed E-state index contributed by atoms with van der Waals surface area (Å²) >= 11 is 0. The van der Waals surface area contributed by atoms with Gasteiger partial charge in [-0.1, -0.05) is 0 Å². The van der Waals surface area contributed by atoms with Crippen molar-refractivity contribution in [3.8, 4) is 0 Å². The third kappa shape index (κ3) is 1.97. The van der Waals surface area contributed by atoms with Crippen molar-refractivity contribution in [2.45, 2.75) is 6.54 Å². The molecule has 19 heavy (non-hydrogen) atoms. The highest BCUT2D eigenvalue weighted by Crippen LogP contribution is 2.26. The lowest BCUT2D eigenvalue weighted by Gasteiger charge is -2.03. The molecule has 0 N–H and O–H groups in total. The van der Waals surface area contributed by atoms with Crippen molar-refractivity contribution in [1.82, 2.24) is 4.98 Å². The third-order valence-corrected chi connectivity index (χ3v) is 2.97. The second-order valence-corrected chi connectivity index (χ2v) is 4.13. The van der Waals surface area contributed by atoms with Gasteiger partial charge in [-0.15, -0.1) is 0 Å². The lowest BCUT2D eigenvalue weighted by molar-refractivity contribution is -0.384. The fourth-order valence-corrected chi connectivity index (χ4v) is 2.08. The molecule has 0 amide bonds. The predicted octanol–water partition coefficient (Wildman–Crippen LogP) is 2.48. The van der Waals surface area contributed by atoms with Gasteiger partial charge in [-0.05, 0) is 17.7 Å². The Labute approximate surface area is 107 Å². The fourth-order valence-electron chi connectivity index (χ4n) is 2.08. The topological polar surface area (TPSA) is 68.4 Å². The number of pyridine rings is 1. The fraction of sp³-hybridized carbons (Fsp3) is 0.0769. The van der Waals surface area contributed by atoms with Crippen LogP contribution >= 0.6 is 0 Å². The number of halogens is 1. The minimum Gasteiger partial charge on any atom is -0.279 e. The maximum absolute atomic E-state index is 13.1. The second kappa shape index (κ2) is 4.24. The first kappa shape index (κ1) is 11.5. The number of non-ortho nitro benzene ring substituents is 1. The molecule has 0 radical (unpaired) electrons. The molecule has 94 valence electrons. The number of hydrogen-bond donors (Lipinski definition) is 0. The first-order chi connectivity index (χ1) is 9.15. The molecule has 1 aromatic carbocycles. The molecule has 1 aliphatic rings. The molecule has 1 aliphatic heterocycles. The number of hydrogen-bond acceptors (Lipinski definition) is 4. The van der Waals surface area contributed by atoms with E-state index in [-0.39, 0.29) is 5.69 Å². The Kier molecular flexibility index (Phi) is 2.56. The predicted molar refractivity (Wildman–Crippen MR) is 66.6 cm³/mol. The van der Waals surface area contributed by atoms with Crippen LogP contribution < -0.4 is 0 Å². The summed E-state index contributed by atoms with van der Waals surface area (Å²) in [4.78, 5) is 18.1.